The topological polar surface area (TPSA) is 51.0 Å². The van der Waals surface area contributed by atoms with Crippen molar-refractivity contribution in [2.24, 2.45) is 5.73 Å². The molecule has 5 heteroatoms. The van der Waals surface area contributed by atoms with Crippen LogP contribution in [0.2, 0.25) is 0 Å². The number of piperazine rings is 1. The molecule has 2 heterocycles. The Kier molecular flexibility index (Phi) is 4.33. The van der Waals surface area contributed by atoms with E-state index in [1.165, 1.54) is 5.56 Å². The molecule has 21 heavy (non-hydrogen) atoms. The Balaban J connectivity index is 1.79. The predicted molar refractivity (Wildman–Crippen MR) is 82.9 cm³/mol. The average Bonchev–Trinajstić information content (AvgIpc) is 2.53. The van der Waals surface area contributed by atoms with E-state index in [-0.39, 0.29) is 0 Å². The zero-order valence-electron chi connectivity index (χ0n) is 12.9. The van der Waals surface area contributed by atoms with Gasteiger partial charge in [-0.05, 0) is 31.7 Å². The molecule has 3 rings (SSSR count). The number of hydrogen-bond acceptors (Lipinski definition) is 5. The van der Waals surface area contributed by atoms with Gasteiger partial charge in [0.25, 0.3) is 0 Å². The predicted octanol–water partition coefficient (Wildman–Crippen LogP) is 1.09. The molecule has 116 valence electrons. The lowest BCUT2D eigenvalue weighted by molar-refractivity contribution is 0.0618. The molecule has 1 saturated heterocycles. The molecule has 2 unspecified atom stereocenters. The van der Waals surface area contributed by atoms with Crippen molar-refractivity contribution in [3.63, 3.8) is 0 Å². The van der Waals surface area contributed by atoms with Crippen molar-refractivity contribution in [1.82, 2.24) is 9.80 Å². The highest BCUT2D eigenvalue weighted by atomic mass is 16.6. The van der Waals surface area contributed by atoms with Crippen molar-refractivity contribution in [1.29, 1.82) is 0 Å². The average molecular weight is 291 g/mol. The fourth-order valence-corrected chi connectivity index (χ4v) is 3.26. The Labute approximate surface area is 126 Å². The first-order valence-corrected chi connectivity index (χ1v) is 7.73. The van der Waals surface area contributed by atoms with Crippen molar-refractivity contribution >= 4 is 0 Å². The number of hydrogen-bond donors (Lipinski definition) is 1. The Bertz CT molecular complexity index is 494. The first-order chi connectivity index (χ1) is 10.2. The second-order valence-electron chi connectivity index (χ2n) is 5.97. The molecule has 0 aliphatic carbocycles. The molecule has 1 aromatic rings. The third kappa shape index (κ3) is 3.00. The zero-order valence-corrected chi connectivity index (χ0v) is 12.9. The molecule has 0 saturated carbocycles. The van der Waals surface area contributed by atoms with E-state index < -0.39 is 0 Å². The van der Waals surface area contributed by atoms with Crippen molar-refractivity contribution < 1.29 is 9.47 Å². The number of nitrogens with two attached hydrogens (primary N) is 1. The highest BCUT2D eigenvalue weighted by Crippen LogP contribution is 2.34. The molecular weight excluding hydrogens is 266 g/mol. The van der Waals surface area contributed by atoms with Crippen LogP contribution in [0, 0.1) is 0 Å². The van der Waals surface area contributed by atoms with Crippen LogP contribution in [0.1, 0.15) is 18.5 Å². The maximum Gasteiger partial charge on any atom is 0.161 e. The molecule has 2 aliphatic heterocycles. The summed E-state index contributed by atoms with van der Waals surface area (Å²) in [5.74, 6) is 1.72. The van der Waals surface area contributed by atoms with Crippen LogP contribution in [0.5, 0.6) is 11.5 Å². The molecule has 0 spiro atoms. The van der Waals surface area contributed by atoms with E-state index in [9.17, 15) is 0 Å². The summed E-state index contributed by atoms with van der Waals surface area (Å²) in [5.41, 5.74) is 7.24. The van der Waals surface area contributed by atoms with E-state index in [0.717, 1.165) is 31.1 Å². The monoisotopic (exact) mass is 291 g/mol. The van der Waals surface area contributed by atoms with Crippen molar-refractivity contribution in [2.45, 2.75) is 19.0 Å². The van der Waals surface area contributed by atoms with Gasteiger partial charge in [-0.2, -0.15) is 0 Å². The van der Waals surface area contributed by atoms with Crippen LogP contribution < -0.4 is 15.2 Å². The van der Waals surface area contributed by atoms with Gasteiger partial charge in [0, 0.05) is 38.3 Å². The standard InChI is InChI=1S/C16H25N3O2/c1-12(19-6-5-18(2)11-14(19)10-17)13-3-4-15-16(9-13)21-8-7-20-15/h3-4,9,12,14H,5-8,10-11,17H2,1-2H3. The molecule has 0 aromatic heterocycles. The fourth-order valence-electron chi connectivity index (χ4n) is 3.26. The minimum Gasteiger partial charge on any atom is -0.486 e. The van der Waals surface area contributed by atoms with Crippen LogP contribution in [0.25, 0.3) is 0 Å². The fraction of sp³-hybridized carbons (Fsp3) is 0.625. The van der Waals surface area contributed by atoms with Gasteiger partial charge in [0.2, 0.25) is 0 Å². The van der Waals surface area contributed by atoms with Crippen molar-refractivity contribution in [2.75, 3.05) is 46.4 Å². The molecule has 0 radical (unpaired) electrons. The van der Waals surface area contributed by atoms with Crippen LogP contribution in [0.3, 0.4) is 0 Å². The molecule has 2 atom stereocenters. The van der Waals surface area contributed by atoms with Gasteiger partial charge in [0.1, 0.15) is 13.2 Å². The second kappa shape index (κ2) is 6.22. The largest absolute Gasteiger partial charge is 0.486 e. The smallest absolute Gasteiger partial charge is 0.161 e. The van der Waals surface area contributed by atoms with E-state index in [1.54, 1.807) is 0 Å². The summed E-state index contributed by atoms with van der Waals surface area (Å²) in [7, 11) is 2.16. The Morgan fingerprint density at radius 1 is 1.24 bits per heavy atom. The van der Waals surface area contributed by atoms with E-state index in [2.05, 4.69) is 35.9 Å². The van der Waals surface area contributed by atoms with Gasteiger partial charge in [-0.15, -0.1) is 0 Å². The molecule has 1 aromatic carbocycles. The summed E-state index contributed by atoms with van der Waals surface area (Å²) in [4.78, 5) is 4.86. The molecule has 2 aliphatic rings. The van der Waals surface area contributed by atoms with Crippen LogP contribution >= 0.6 is 0 Å². The van der Waals surface area contributed by atoms with Crippen LogP contribution in [0.4, 0.5) is 0 Å². The summed E-state index contributed by atoms with van der Waals surface area (Å²) in [6.45, 7) is 7.38. The summed E-state index contributed by atoms with van der Waals surface area (Å²) in [5, 5.41) is 0. The Morgan fingerprint density at radius 3 is 2.76 bits per heavy atom. The lowest BCUT2D eigenvalue weighted by Gasteiger charge is -2.43. The first-order valence-electron chi connectivity index (χ1n) is 7.73. The van der Waals surface area contributed by atoms with Gasteiger partial charge < -0.3 is 20.1 Å². The van der Waals surface area contributed by atoms with Gasteiger partial charge in [0.15, 0.2) is 11.5 Å². The molecule has 1 fully saturated rings. The number of nitrogens with zero attached hydrogens (tertiary/aromatic N) is 2. The molecular formula is C16H25N3O2. The van der Waals surface area contributed by atoms with Crippen LogP contribution in [-0.2, 0) is 0 Å². The van der Waals surface area contributed by atoms with Crippen LogP contribution in [0.15, 0.2) is 18.2 Å². The van der Waals surface area contributed by atoms with Gasteiger partial charge >= 0.3 is 0 Å². The third-order valence-electron chi connectivity index (χ3n) is 4.55. The maximum absolute atomic E-state index is 5.97. The van der Waals surface area contributed by atoms with Gasteiger partial charge in [-0.25, -0.2) is 0 Å². The van der Waals surface area contributed by atoms with E-state index >= 15 is 0 Å². The highest BCUT2D eigenvalue weighted by molar-refractivity contribution is 5.44. The molecule has 0 bridgehead atoms. The second-order valence-corrected chi connectivity index (χ2v) is 5.97. The summed E-state index contributed by atoms with van der Waals surface area (Å²) in [6, 6.07) is 7.03. The number of benzene rings is 1. The van der Waals surface area contributed by atoms with Crippen molar-refractivity contribution in [3.05, 3.63) is 23.8 Å². The van der Waals surface area contributed by atoms with Crippen LogP contribution in [-0.4, -0.2) is 62.3 Å². The minimum absolute atomic E-state index is 0.336. The van der Waals surface area contributed by atoms with Gasteiger partial charge in [-0.3, -0.25) is 4.90 Å². The zero-order chi connectivity index (χ0) is 14.8. The Morgan fingerprint density at radius 2 is 2.00 bits per heavy atom. The quantitative estimate of drug-likeness (QED) is 0.903. The summed E-state index contributed by atoms with van der Waals surface area (Å²) >= 11 is 0. The highest BCUT2D eigenvalue weighted by Gasteiger charge is 2.29. The first kappa shape index (κ1) is 14.6. The van der Waals surface area contributed by atoms with E-state index in [4.69, 9.17) is 15.2 Å². The third-order valence-corrected chi connectivity index (χ3v) is 4.55. The van der Waals surface area contributed by atoms with E-state index in [1.807, 2.05) is 6.07 Å². The minimum atomic E-state index is 0.336. The lowest BCUT2D eigenvalue weighted by atomic mass is 10.0. The lowest BCUT2D eigenvalue weighted by Crippen LogP contribution is -2.55. The van der Waals surface area contributed by atoms with Gasteiger partial charge in [0.05, 0.1) is 0 Å². The number of ether oxygens (including phenoxy) is 2. The SMILES string of the molecule is CC(c1ccc2c(c1)OCCO2)N1CCN(C)CC1CN. The molecule has 5 nitrogen and oxygen atoms in total. The van der Waals surface area contributed by atoms with Crippen molar-refractivity contribution in [3.8, 4) is 11.5 Å². The normalized spacial score (nSPS) is 24.8. The maximum atomic E-state index is 5.97. The molecule has 0 amide bonds. The number of likely N-dealkylation sites (N-methyl/N-ethyl adjacent to an activating group) is 1. The Hall–Kier alpha value is -1.30. The summed E-state index contributed by atoms with van der Waals surface area (Å²) in [6.07, 6.45) is 0. The number of fused-ring (bicyclic) bond motifs is 1. The summed E-state index contributed by atoms with van der Waals surface area (Å²) < 4.78 is 11.3. The van der Waals surface area contributed by atoms with E-state index in [0.29, 0.717) is 31.8 Å². The van der Waals surface area contributed by atoms with Gasteiger partial charge in [-0.1, -0.05) is 6.07 Å². The number of rotatable bonds is 3. The molecule has 2 N–H and O–H groups in total.